The van der Waals surface area contributed by atoms with E-state index in [0.717, 1.165) is 24.4 Å². The fraction of sp³-hybridized carbons (Fsp3) is 0.192. The number of halogens is 1. The summed E-state index contributed by atoms with van der Waals surface area (Å²) in [7, 11) is 0. The number of carbonyl (C=O) groups excluding carboxylic acids is 1. The van der Waals surface area contributed by atoms with Crippen molar-refractivity contribution in [3.63, 3.8) is 0 Å². The van der Waals surface area contributed by atoms with E-state index in [1.807, 2.05) is 48.5 Å². The van der Waals surface area contributed by atoms with E-state index in [9.17, 15) is 4.79 Å². The Morgan fingerprint density at radius 1 is 0.968 bits per heavy atom. The minimum atomic E-state index is -0.171. The van der Waals surface area contributed by atoms with Crippen LogP contribution < -0.4 is 10.1 Å². The monoisotopic (exact) mass is 432 g/mol. The van der Waals surface area contributed by atoms with Crippen molar-refractivity contribution in [2.75, 3.05) is 11.2 Å². The molecule has 4 nitrogen and oxygen atoms in total. The van der Waals surface area contributed by atoms with Gasteiger partial charge in [-0.05, 0) is 74.4 Å². The van der Waals surface area contributed by atoms with Gasteiger partial charge in [-0.1, -0.05) is 24.3 Å². The van der Waals surface area contributed by atoms with Gasteiger partial charge in [-0.25, -0.2) is 0 Å². The standard InChI is InChI=1S/C26H25ClN2O2/c1-18-19(2)29(15-7-14-27)25-13-12-23(17-24(18)25)31-22-11-6-8-20(16-22)26(30)28-21-9-4-3-5-10-21/h3-6,8-13,16-17H,7,14-15H2,1-2H3,(H,28,30). The molecule has 0 unspecified atom stereocenters. The molecule has 31 heavy (non-hydrogen) atoms. The number of hydrogen-bond acceptors (Lipinski definition) is 2. The molecule has 0 radical (unpaired) electrons. The largest absolute Gasteiger partial charge is 0.457 e. The Hall–Kier alpha value is -3.24. The van der Waals surface area contributed by atoms with Gasteiger partial charge in [0.1, 0.15) is 11.5 Å². The van der Waals surface area contributed by atoms with E-state index in [1.165, 1.54) is 22.2 Å². The Morgan fingerprint density at radius 2 is 1.74 bits per heavy atom. The summed E-state index contributed by atoms with van der Waals surface area (Å²) in [6.07, 6.45) is 0.932. The molecule has 0 atom stereocenters. The van der Waals surface area contributed by atoms with Gasteiger partial charge in [0, 0.05) is 40.3 Å². The second-order valence-electron chi connectivity index (χ2n) is 7.53. The normalized spacial score (nSPS) is 10.9. The molecule has 1 N–H and O–H groups in total. The number of aryl methyl sites for hydroxylation is 2. The van der Waals surface area contributed by atoms with Gasteiger partial charge in [-0.2, -0.15) is 0 Å². The summed E-state index contributed by atoms with van der Waals surface area (Å²) >= 11 is 5.90. The molecule has 0 bridgehead atoms. The van der Waals surface area contributed by atoms with Crippen LogP contribution in [0.5, 0.6) is 11.5 Å². The van der Waals surface area contributed by atoms with Crippen LogP contribution in [0.4, 0.5) is 5.69 Å². The number of para-hydroxylation sites is 1. The third-order valence-electron chi connectivity index (χ3n) is 5.49. The van der Waals surface area contributed by atoms with Gasteiger partial charge in [0.2, 0.25) is 0 Å². The number of ether oxygens (including phenoxy) is 1. The molecule has 0 aliphatic carbocycles. The Kier molecular flexibility index (Phi) is 6.28. The van der Waals surface area contributed by atoms with E-state index in [2.05, 4.69) is 35.9 Å². The first kappa shape index (κ1) is 21.0. The molecule has 0 fully saturated rings. The molecule has 1 heterocycles. The van der Waals surface area contributed by atoms with E-state index in [0.29, 0.717) is 17.2 Å². The highest BCUT2D eigenvalue weighted by Gasteiger charge is 2.13. The lowest BCUT2D eigenvalue weighted by atomic mass is 10.1. The van der Waals surface area contributed by atoms with Crippen LogP contribution >= 0.6 is 11.6 Å². The highest BCUT2D eigenvalue weighted by atomic mass is 35.5. The van der Waals surface area contributed by atoms with Crippen LogP contribution in [0.1, 0.15) is 28.0 Å². The third-order valence-corrected chi connectivity index (χ3v) is 5.76. The Bertz CT molecular complexity index is 1220. The first-order chi connectivity index (χ1) is 15.1. The molecule has 4 rings (SSSR count). The maximum atomic E-state index is 12.6. The van der Waals surface area contributed by atoms with Crippen molar-refractivity contribution >= 4 is 34.1 Å². The molecular formula is C26H25ClN2O2. The maximum Gasteiger partial charge on any atom is 0.255 e. The van der Waals surface area contributed by atoms with Gasteiger partial charge in [-0.3, -0.25) is 4.79 Å². The average molecular weight is 433 g/mol. The predicted octanol–water partition coefficient (Wildman–Crippen LogP) is 6.93. The van der Waals surface area contributed by atoms with Crippen LogP contribution in [0, 0.1) is 13.8 Å². The first-order valence-electron chi connectivity index (χ1n) is 10.4. The number of nitrogens with zero attached hydrogens (tertiary/aromatic N) is 1. The number of aromatic nitrogens is 1. The van der Waals surface area contributed by atoms with Crippen molar-refractivity contribution in [1.29, 1.82) is 0 Å². The van der Waals surface area contributed by atoms with Crippen LogP contribution in [0.3, 0.4) is 0 Å². The zero-order chi connectivity index (χ0) is 21.8. The molecule has 0 saturated heterocycles. The van der Waals surface area contributed by atoms with Gasteiger partial charge in [0.15, 0.2) is 0 Å². The van der Waals surface area contributed by atoms with Crippen LogP contribution in [0.2, 0.25) is 0 Å². The predicted molar refractivity (Wildman–Crippen MR) is 128 cm³/mol. The summed E-state index contributed by atoms with van der Waals surface area (Å²) < 4.78 is 8.41. The molecule has 158 valence electrons. The quantitative estimate of drug-likeness (QED) is 0.322. The fourth-order valence-corrected chi connectivity index (χ4v) is 3.88. The third kappa shape index (κ3) is 4.59. The first-order valence-corrected chi connectivity index (χ1v) is 10.9. The van der Waals surface area contributed by atoms with E-state index < -0.39 is 0 Å². The highest BCUT2D eigenvalue weighted by Crippen LogP contribution is 2.31. The smallest absolute Gasteiger partial charge is 0.255 e. The summed E-state index contributed by atoms with van der Waals surface area (Å²) in [5.74, 6) is 1.84. The van der Waals surface area contributed by atoms with E-state index in [1.54, 1.807) is 12.1 Å². The SMILES string of the molecule is Cc1c(C)n(CCCCl)c2ccc(Oc3cccc(C(=O)Nc4ccccc4)c3)cc12. The molecule has 1 aromatic heterocycles. The number of nitrogens with one attached hydrogen (secondary N) is 1. The molecule has 0 aliphatic rings. The highest BCUT2D eigenvalue weighted by molar-refractivity contribution is 6.17. The lowest BCUT2D eigenvalue weighted by Gasteiger charge is -2.10. The Labute approximate surface area is 187 Å². The minimum absolute atomic E-state index is 0.171. The number of fused-ring (bicyclic) bond motifs is 1. The van der Waals surface area contributed by atoms with E-state index in [4.69, 9.17) is 16.3 Å². The second-order valence-corrected chi connectivity index (χ2v) is 7.91. The van der Waals surface area contributed by atoms with Gasteiger partial charge in [0.05, 0.1) is 0 Å². The van der Waals surface area contributed by atoms with Gasteiger partial charge in [0.25, 0.3) is 5.91 Å². The number of anilines is 1. The summed E-state index contributed by atoms with van der Waals surface area (Å²) in [6.45, 7) is 5.17. The zero-order valence-corrected chi connectivity index (χ0v) is 18.4. The number of benzene rings is 3. The molecule has 1 amide bonds. The lowest BCUT2D eigenvalue weighted by Crippen LogP contribution is -2.11. The number of carbonyl (C=O) groups is 1. The average Bonchev–Trinajstić information content (AvgIpc) is 3.02. The van der Waals surface area contributed by atoms with Crippen molar-refractivity contribution in [2.24, 2.45) is 0 Å². The van der Waals surface area contributed by atoms with Crippen molar-refractivity contribution < 1.29 is 9.53 Å². The van der Waals surface area contributed by atoms with Crippen LogP contribution in [0.25, 0.3) is 10.9 Å². The second kappa shape index (κ2) is 9.27. The summed E-state index contributed by atoms with van der Waals surface area (Å²) in [5.41, 5.74) is 4.97. The number of alkyl halides is 1. The molecule has 5 heteroatoms. The topological polar surface area (TPSA) is 43.3 Å². The number of rotatable bonds is 7. The molecular weight excluding hydrogens is 408 g/mol. The summed E-state index contributed by atoms with van der Waals surface area (Å²) in [6, 6.07) is 22.7. The molecule has 0 spiro atoms. The van der Waals surface area contributed by atoms with Crippen LogP contribution in [-0.4, -0.2) is 16.4 Å². The molecule has 4 aromatic rings. The van der Waals surface area contributed by atoms with Gasteiger partial charge >= 0.3 is 0 Å². The van der Waals surface area contributed by atoms with Crippen molar-refractivity contribution in [3.05, 3.63) is 89.6 Å². The lowest BCUT2D eigenvalue weighted by molar-refractivity contribution is 0.102. The van der Waals surface area contributed by atoms with E-state index in [-0.39, 0.29) is 5.91 Å². The molecule has 3 aromatic carbocycles. The van der Waals surface area contributed by atoms with Gasteiger partial charge < -0.3 is 14.6 Å². The molecule has 0 aliphatic heterocycles. The van der Waals surface area contributed by atoms with Crippen molar-refractivity contribution in [2.45, 2.75) is 26.8 Å². The van der Waals surface area contributed by atoms with Crippen molar-refractivity contribution in [3.8, 4) is 11.5 Å². The summed E-state index contributed by atoms with van der Waals surface area (Å²) in [5, 5.41) is 4.07. The summed E-state index contributed by atoms with van der Waals surface area (Å²) in [4.78, 5) is 12.6. The van der Waals surface area contributed by atoms with E-state index >= 15 is 0 Å². The van der Waals surface area contributed by atoms with Crippen molar-refractivity contribution in [1.82, 2.24) is 4.57 Å². The van der Waals surface area contributed by atoms with Crippen LogP contribution in [0.15, 0.2) is 72.8 Å². The number of amides is 1. The Morgan fingerprint density at radius 3 is 2.52 bits per heavy atom. The van der Waals surface area contributed by atoms with Gasteiger partial charge in [-0.15, -0.1) is 11.6 Å². The zero-order valence-electron chi connectivity index (χ0n) is 17.7. The Balaban J connectivity index is 1.56. The maximum absolute atomic E-state index is 12.6. The molecule has 0 saturated carbocycles. The minimum Gasteiger partial charge on any atom is -0.457 e. The van der Waals surface area contributed by atoms with Crippen LogP contribution in [-0.2, 0) is 6.54 Å². The fourth-order valence-electron chi connectivity index (χ4n) is 3.76. The number of hydrogen-bond donors (Lipinski definition) is 1.